The molecule has 2 aromatic carbocycles. The van der Waals surface area contributed by atoms with Gasteiger partial charge in [-0.25, -0.2) is 4.98 Å². The number of aryl methyl sites for hydroxylation is 1. The van der Waals surface area contributed by atoms with Gasteiger partial charge in [-0.15, -0.1) is 0 Å². The molecule has 0 spiro atoms. The van der Waals surface area contributed by atoms with Crippen LogP contribution in [0.4, 0.5) is 5.69 Å². The van der Waals surface area contributed by atoms with E-state index >= 15 is 0 Å². The first-order valence-corrected chi connectivity index (χ1v) is 10.1. The molecular weight excluding hydrogens is 408 g/mol. The van der Waals surface area contributed by atoms with Gasteiger partial charge < -0.3 is 24.7 Å². The van der Waals surface area contributed by atoms with E-state index in [2.05, 4.69) is 15.6 Å². The number of aromatic nitrogens is 2. The van der Waals surface area contributed by atoms with Crippen LogP contribution >= 0.6 is 0 Å². The van der Waals surface area contributed by atoms with Gasteiger partial charge in [-0.05, 0) is 55.0 Å². The normalized spacial score (nSPS) is 11.7. The molecule has 0 aliphatic carbocycles. The highest BCUT2D eigenvalue weighted by Crippen LogP contribution is 2.17. The fourth-order valence-electron chi connectivity index (χ4n) is 2.78. The van der Waals surface area contributed by atoms with Gasteiger partial charge in [0.2, 0.25) is 11.8 Å². The zero-order valence-corrected chi connectivity index (χ0v) is 18.2. The van der Waals surface area contributed by atoms with Crippen LogP contribution in [0.2, 0.25) is 0 Å². The molecule has 0 saturated carbocycles. The Morgan fingerprint density at radius 2 is 1.78 bits per heavy atom. The number of ether oxygens (including phenoxy) is 2. The number of imidazole rings is 1. The van der Waals surface area contributed by atoms with E-state index in [4.69, 9.17) is 9.47 Å². The second-order valence-electron chi connectivity index (χ2n) is 7.09. The molecule has 1 heterocycles. The summed E-state index contributed by atoms with van der Waals surface area (Å²) in [6.07, 6.45) is 6.63. The van der Waals surface area contributed by atoms with E-state index in [9.17, 15) is 9.59 Å². The van der Waals surface area contributed by atoms with Crippen LogP contribution in [-0.4, -0.2) is 34.5 Å². The first kappa shape index (κ1) is 22.6. The number of hydrogen-bond donors (Lipinski definition) is 2. The predicted octanol–water partition coefficient (Wildman–Crippen LogP) is 3.16. The molecule has 8 nitrogen and oxygen atoms in total. The van der Waals surface area contributed by atoms with Crippen molar-refractivity contribution in [3.05, 3.63) is 78.4 Å². The summed E-state index contributed by atoms with van der Waals surface area (Å²) in [5, 5.41) is 5.42. The molecule has 0 saturated heterocycles. The number of anilines is 1. The van der Waals surface area contributed by atoms with Gasteiger partial charge in [-0.1, -0.05) is 12.1 Å². The lowest BCUT2D eigenvalue weighted by Crippen LogP contribution is -2.40. The smallest absolute Gasteiger partial charge is 0.246 e. The second kappa shape index (κ2) is 10.8. The summed E-state index contributed by atoms with van der Waals surface area (Å²) < 4.78 is 12.7. The van der Waals surface area contributed by atoms with Crippen molar-refractivity contribution >= 4 is 23.6 Å². The van der Waals surface area contributed by atoms with Gasteiger partial charge in [0.15, 0.2) is 0 Å². The number of hydrogen-bond acceptors (Lipinski definition) is 5. The highest BCUT2D eigenvalue weighted by atomic mass is 16.5. The zero-order chi connectivity index (χ0) is 22.9. The van der Waals surface area contributed by atoms with Crippen molar-refractivity contribution in [1.82, 2.24) is 14.9 Å². The van der Waals surface area contributed by atoms with Crippen LogP contribution in [0.1, 0.15) is 18.3 Å². The summed E-state index contributed by atoms with van der Waals surface area (Å²) in [5.74, 6) is 1.54. The third-order valence-electron chi connectivity index (χ3n) is 4.71. The molecule has 1 atom stereocenters. The van der Waals surface area contributed by atoms with Crippen molar-refractivity contribution in [2.75, 3.05) is 12.4 Å². The molecule has 1 aromatic heterocycles. The van der Waals surface area contributed by atoms with Crippen LogP contribution in [0.5, 0.6) is 11.5 Å². The average Bonchev–Trinajstić information content (AvgIpc) is 3.22. The summed E-state index contributed by atoms with van der Waals surface area (Å²) >= 11 is 0. The van der Waals surface area contributed by atoms with E-state index in [0.717, 1.165) is 17.1 Å². The van der Waals surface area contributed by atoms with Crippen molar-refractivity contribution < 1.29 is 19.1 Å². The van der Waals surface area contributed by atoms with E-state index in [1.807, 2.05) is 42.1 Å². The molecule has 0 aliphatic heterocycles. The Morgan fingerprint density at radius 1 is 1.09 bits per heavy atom. The van der Waals surface area contributed by atoms with Crippen molar-refractivity contribution in [1.29, 1.82) is 0 Å². The fraction of sp³-hybridized carbons (Fsp3) is 0.208. The van der Waals surface area contributed by atoms with E-state index < -0.39 is 6.04 Å². The van der Waals surface area contributed by atoms with Crippen LogP contribution in [0, 0.1) is 0 Å². The largest absolute Gasteiger partial charge is 0.497 e. The molecule has 3 rings (SSSR count). The molecular formula is C24H26N4O4. The highest BCUT2D eigenvalue weighted by molar-refractivity contribution is 5.99. The molecule has 166 valence electrons. The first-order chi connectivity index (χ1) is 15.4. The van der Waals surface area contributed by atoms with Crippen LogP contribution in [-0.2, 0) is 23.2 Å². The second-order valence-corrected chi connectivity index (χ2v) is 7.09. The molecule has 0 bridgehead atoms. The number of carbonyl (C=O) groups excluding carboxylic acids is 2. The minimum absolute atomic E-state index is 0.321. The number of nitrogens with one attached hydrogen (secondary N) is 2. The van der Waals surface area contributed by atoms with E-state index in [0.29, 0.717) is 18.0 Å². The minimum atomic E-state index is -0.706. The zero-order valence-electron chi connectivity index (χ0n) is 18.2. The average molecular weight is 434 g/mol. The topological polar surface area (TPSA) is 94.5 Å². The van der Waals surface area contributed by atoms with Gasteiger partial charge in [-0.2, -0.15) is 0 Å². The predicted molar refractivity (Wildman–Crippen MR) is 122 cm³/mol. The maximum absolute atomic E-state index is 12.4. The minimum Gasteiger partial charge on any atom is -0.497 e. The lowest BCUT2D eigenvalue weighted by molar-refractivity contribution is -0.123. The van der Waals surface area contributed by atoms with Crippen LogP contribution in [0.15, 0.2) is 67.0 Å². The lowest BCUT2D eigenvalue weighted by atomic mass is 10.2. The third kappa shape index (κ3) is 6.46. The monoisotopic (exact) mass is 434 g/mol. The number of benzene rings is 2. The standard InChI is InChI=1S/C24H26N4O4/c1-17(26-23(29)13-6-18-4-9-20(31-3)10-5-18)24(30)27-19-7-11-21(12-8-19)32-16-22-25-14-15-28(22)2/h4-15,17H,16H2,1-3H3,(H,26,29)(H,27,30). The van der Waals surface area contributed by atoms with E-state index in [-0.39, 0.29) is 11.8 Å². The summed E-state index contributed by atoms with van der Waals surface area (Å²) in [6.45, 7) is 1.97. The lowest BCUT2D eigenvalue weighted by Gasteiger charge is -2.13. The molecule has 0 radical (unpaired) electrons. The van der Waals surface area contributed by atoms with Gasteiger partial charge in [0.05, 0.1) is 7.11 Å². The van der Waals surface area contributed by atoms with Gasteiger partial charge in [-0.3, -0.25) is 9.59 Å². The Kier molecular flexibility index (Phi) is 7.64. The quantitative estimate of drug-likeness (QED) is 0.505. The number of methoxy groups -OCH3 is 1. The maximum atomic E-state index is 12.4. The Morgan fingerprint density at radius 3 is 2.41 bits per heavy atom. The van der Waals surface area contributed by atoms with Crippen LogP contribution < -0.4 is 20.1 Å². The van der Waals surface area contributed by atoms with E-state index in [1.54, 1.807) is 50.6 Å². The molecule has 32 heavy (non-hydrogen) atoms. The van der Waals surface area contributed by atoms with Crippen LogP contribution in [0.3, 0.4) is 0 Å². The molecule has 3 aromatic rings. The number of amides is 2. The summed E-state index contributed by atoms with van der Waals surface area (Å²) in [5.41, 5.74) is 1.46. The maximum Gasteiger partial charge on any atom is 0.246 e. The number of nitrogens with zero attached hydrogens (tertiary/aromatic N) is 2. The summed E-state index contributed by atoms with van der Waals surface area (Å²) in [7, 11) is 3.50. The fourth-order valence-corrected chi connectivity index (χ4v) is 2.78. The van der Waals surface area contributed by atoms with Crippen molar-refractivity contribution in [3.63, 3.8) is 0 Å². The Hall–Kier alpha value is -4.07. The Bertz CT molecular complexity index is 1070. The van der Waals surface area contributed by atoms with Gasteiger partial charge >= 0.3 is 0 Å². The molecule has 2 N–H and O–H groups in total. The van der Waals surface area contributed by atoms with Crippen molar-refractivity contribution in [3.8, 4) is 11.5 Å². The van der Waals surface area contributed by atoms with Crippen molar-refractivity contribution in [2.24, 2.45) is 7.05 Å². The van der Waals surface area contributed by atoms with Gasteiger partial charge in [0, 0.05) is 31.2 Å². The number of rotatable bonds is 9. The van der Waals surface area contributed by atoms with Crippen LogP contribution in [0.25, 0.3) is 6.08 Å². The first-order valence-electron chi connectivity index (χ1n) is 10.1. The summed E-state index contributed by atoms with van der Waals surface area (Å²) in [4.78, 5) is 28.7. The van der Waals surface area contributed by atoms with Crippen molar-refractivity contribution in [2.45, 2.75) is 19.6 Å². The molecule has 1 unspecified atom stereocenters. The summed E-state index contributed by atoms with van der Waals surface area (Å²) in [6, 6.07) is 13.6. The number of carbonyl (C=O) groups is 2. The highest BCUT2D eigenvalue weighted by Gasteiger charge is 2.14. The third-order valence-corrected chi connectivity index (χ3v) is 4.71. The molecule has 0 fully saturated rings. The van der Waals surface area contributed by atoms with E-state index in [1.165, 1.54) is 6.08 Å². The molecule has 0 aliphatic rings. The molecule has 8 heteroatoms. The SMILES string of the molecule is COc1ccc(C=CC(=O)NC(C)C(=O)Nc2ccc(OCc3nccn3C)cc2)cc1. The van der Waals surface area contributed by atoms with Gasteiger partial charge in [0.1, 0.15) is 30.0 Å². The van der Waals surface area contributed by atoms with Gasteiger partial charge in [0.25, 0.3) is 0 Å². The molecule has 2 amide bonds. The Labute approximate surface area is 186 Å². The Balaban J connectivity index is 1.46.